The van der Waals surface area contributed by atoms with Gasteiger partial charge in [-0.1, -0.05) is 22.0 Å². The van der Waals surface area contributed by atoms with Crippen LogP contribution >= 0.6 is 15.9 Å². The summed E-state index contributed by atoms with van der Waals surface area (Å²) in [5, 5.41) is 2.96. The minimum Gasteiger partial charge on any atom is -0.323 e. The molecular weight excluding hydrogens is 408 g/mol. The highest BCUT2D eigenvalue weighted by atomic mass is 79.9. The number of urea groups is 1. The number of hydrogen-bond donors (Lipinski definition) is 1. The smallest absolute Gasteiger partial charge is 0.323 e. The number of nitrogens with zero attached hydrogens (tertiary/aromatic N) is 3. The fraction of sp³-hybridized carbons (Fsp3) is 0.350. The first-order valence-corrected chi connectivity index (χ1v) is 9.83. The SMILES string of the molecule is Cc1cccnc1CN1CCC2(CC1)NC(=O)N(c1ccc(Br)cc1)C2=O. The van der Waals surface area contributed by atoms with Gasteiger partial charge in [-0.05, 0) is 55.7 Å². The third-order valence-corrected chi connectivity index (χ3v) is 5.98. The molecule has 2 fully saturated rings. The third kappa shape index (κ3) is 3.37. The van der Waals surface area contributed by atoms with Gasteiger partial charge in [0.25, 0.3) is 5.91 Å². The van der Waals surface area contributed by atoms with Crippen LogP contribution in [-0.4, -0.2) is 40.5 Å². The molecule has 0 radical (unpaired) electrons. The van der Waals surface area contributed by atoms with E-state index in [1.165, 1.54) is 10.5 Å². The van der Waals surface area contributed by atoms with Crippen LogP contribution in [0.2, 0.25) is 0 Å². The van der Waals surface area contributed by atoms with Crippen LogP contribution in [0.3, 0.4) is 0 Å². The highest BCUT2D eigenvalue weighted by Crippen LogP contribution is 2.33. The van der Waals surface area contributed by atoms with Gasteiger partial charge in [-0.25, -0.2) is 9.69 Å². The van der Waals surface area contributed by atoms with Crippen LogP contribution in [0.15, 0.2) is 47.1 Å². The molecule has 1 aromatic heterocycles. The third-order valence-electron chi connectivity index (χ3n) is 5.45. The van der Waals surface area contributed by atoms with Gasteiger partial charge < -0.3 is 5.32 Å². The highest BCUT2D eigenvalue weighted by molar-refractivity contribution is 9.10. The lowest BCUT2D eigenvalue weighted by Gasteiger charge is -2.37. The minimum absolute atomic E-state index is 0.150. The van der Waals surface area contributed by atoms with Gasteiger partial charge in [0.1, 0.15) is 5.54 Å². The van der Waals surface area contributed by atoms with E-state index < -0.39 is 5.54 Å². The number of rotatable bonds is 3. The molecule has 0 bridgehead atoms. The number of halogens is 1. The number of imide groups is 1. The van der Waals surface area contributed by atoms with Gasteiger partial charge in [-0.3, -0.25) is 14.7 Å². The molecule has 0 unspecified atom stereocenters. The van der Waals surface area contributed by atoms with E-state index in [-0.39, 0.29) is 11.9 Å². The Labute approximate surface area is 166 Å². The highest BCUT2D eigenvalue weighted by Gasteiger charge is 2.52. The number of pyridine rings is 1. The van der Waals surface area contributed by atoms with Crippen LogP contribution in [0.5, 0.6) is 0 Å². The summed E-state index contributed by atoms with van der Waals surface area (Å²) in [5.74, 6) is -0.150. The summed E-state index contributed by atoms with van der Waals surface area (Å²) in [7, 11) is 0. The van der Waals surface area contributed by atoms with Crippen molar-refractivity contribution in [3.8, 4) is 0 Å². The molecule has 1 aromatic carbocycles. The van der Waals surface area contributed by atoms with Gasteiger partial charge in [0, 0.05) is 30.3 Å². The molecule has 3 amide bonds. The largest absolute Gasteiger partial charge is 0.329 e. The van der Waals surface area contributed by atoms with Crippen molar-refractivity contribution in [2.75, 3.05) is 18.0 Å². The lowest BCUT2D eigenvalue weighted by molar-refractivity contribution is -0.123. The number of nitrogens with one attached hydrogen (secondary N) is 1. The average molecular weight is 429 g/mol. The molecule has 2 saturated heterocycles. The number of benzene rings is 1. The number of carbonyl (C=O) groups excluding carboxylic acids is 2. The van der Waals surface area contributed by atoms with E-state index in [0.717, 1.165) is 29.8 Å². The molecular formula is C20H21BrN4O2. The maximum Gasteiger partial charge on any atom is 0.329 e. The average Bonchev–Trinajstić information content (AvgIpc) is 2.90. The van der Waals surface area contributed by atoms with Gasteiger partial charge in [-0.15, -0.1) is 0 Å². The maximum atomic E-state index is 13.1. The molecule has 2 aliphatic heterocycles. The molecule has 2 aliphatic rings. The Morgan fingerprint density at radius 3 is 2.52 bits per heavy atom. The lowest BCUT2D eigenvalue weighted by Crippen LogP contribution is -2.54. The predicted octanol–water partition coefficient (Wildman–Crippen LogP) is 3.24. The van der Waals surface area contributed by atoms with Crippen molar-refractivity contribution in [1.29, 1.82) is 0 Å². The summed E-state index contributed by atoms with van der Waals surface area (Å²) in [6, 6.07) is 10.9. The van der Waals surface area contributed by atoms with Crippen LogP contribution in [0.1, 0.15) is 24.1 Å². The Bertz CT molecular complexity index is 876. The number of hydrogen-bond acceptors (Lipinski definition) is 4. The number of aromatic nitrogens is 1. The van der Waals surface area contributed by atoms with Crippen LogP contribution < -0.4 is 10.2 Å². The number of amides is 3. The molecule has 0 atom stereocenters. The topological polar surface area (TPSA) is 65.5 Å². The van der Waals surface area contributed by atoms with Crippen molar-refractivity contribution in [3.63, 3.8) is 0 Å². The fourth-order valence-corrected chi connectivity index (χ4v) is 4.04. The number of aryl methyl sites for hydroxylation is 1. The Kier molecular flexibility index (Phi) is 4.74. The Morgan fingerprint density at radius 1 is 1.15 bits per heavy atom. The van der Waals surface area contributed by atoms with Crippen molar-refractivity contribution in [1.82, 2.24) is 15.2 Å². The number of piperidine rings is 1. The van der Waals surface area contributed by atoms with Crippen molar-refractivity contribution in [2.24, 2.45) is 0 Å². The Morgan fingerprint density at radius 2 is 1.85 bits per heavy atom. The van der Waals surface area contributed by atoms with E-state index in [0.29, 0.717) is 18.5 Å². The molecule has 0 saturated carbocycles. The number of anilines is 1. The molecule has 27 heavy (non-hydrogen) atoms. The second kappa shape index (κ2) is 7.05. The zero-order chi connectivity index (χ0) is 19.0. The second-order valence-corrected chi connectivity index (χ2v) is 8.09. The summed E-state index contributed by atoms with van der Waals surface area (Å²) in [5.41, 5.74) is 2.04. The van der Waals surface area contributed by atoms with Crippen molar-refractivity contribution >= 4 is 33.6 Å². The second-order valence-electron chi connectivity index (χ2n) is 7.17. The lowest BCUT2D eigenvalue weighted by atomic mass is 9.87. The van der Waals surface area contributed by atoms with Crippen molar-refractivity contribution in [3.05, 3.63) is 58.3 Å². The number of likely N-dealkylation sites (tertiary alicyclic amines) is 1. The summed E-state index contributed by atoms with van der Waals surface area (Å²) < 4.78 is 0.908. The van der Waals surface area contributed by atoms with Gasteiger partial charge in [-0.2, -0.15) is 0 Å². The van der Waals surface area contributed by atoms with E-state index in [2.05, 4.69) is 44.1 Å². The van der Waals surface area contributed by atoms with Crippen LogP contribution in [-0.2, 0) is 11.3 Å². The van der Waals surface area contributed by atoms with Gasteiger partial charge in [0.05, 0.1) is 11.4 Å². The first-order valence-electron chi connectivity index (χ1n) is 9.04. The van der Waals surface area contributed by atoms with Gasteiger partial charge in [0.15, 0.2) is 0 Å². The maximum absolute atomic E-state index is 13.1. The first-order chi connectivity index (χ1) is 13.0. The van der Waals surface area contributed by atoms with Gasteiger partial charge >= 0.3 is 6.03 Å². The predicted molar refractivity (Wildman–Crippen MR) is 106 cm³/mol. The molecule has 1 spiro atoms. The monoisotopic (exact) mass is 428 g/mol. The molecule has 3 heterocycles. The molecule has 1 N–H and O–H groups in total. The van der Waals surface area contributed by atoms with Crippen LogP contribution in [0.4, 0.5) is 10.5 Å². The molecule has 2 aromatic rings. The Balaban J connectivity index is 1.46. The molecule has 140 valence electrons. The zero-order valence-electron chi connectivity index (χ0n) is 15.1. The molecule has 0 aliphatic carbocycles. The van der Waals surface area contributed by atoms with Crippen molar-refractivity contribution in [2.45, 2.75) is 31.8 Å². The standard InChI is InChI=1S/C20H21BrN4O2/c1-14-3-2-10-22-17(14)13-24-11-8-20(9-12-24)18(26)25(19(27)23-20)16-6-4-15(21)5-7-16/h2-7,10H,8-9,11-13H2,1H3,(H,23,27). The number of carbonyl (C=O) groups is 2. The summed E-state index contributed by atoms with van der Waals surface area (Å²) in [6.45, 7) is 4.32. The minimum atomic E-state index is -0.792. The normalized spacial score (nSPS) is 19.6. The summed E-state index contributed by atoms with van der Waals surface area (Å²) >= 11 is 3.38. The summed E-state index contributed by atoms with van der Waals surface area (Å²) in [6.07, 6.45) is 3.03. The Hall–Kier alpha value is -2.25. The van der Waals surface area contributed by atoms with E-state index >= 15 is 0 Å². The first kappa shape index (κ1) is 18.1. The van der Waals surface area contributed by atoms with E-state index in [1.54, 1.807) is 12.1 Å². The van der Waals surface area contributed by atoms with E-state index in [4.69, 9.17) is 0 Å². The van der Waals surface area contributed by atoms with E-state index in [9.17, 15) is 9.59 Å². The van der Waals surface area contributed by atoms with Crippen LogP contribution in [0.25, 0.3) is 0 Å². The van der Waals surface area contributed by atoms with Crippen LogP contribution in [0, 0.1) is 6.92 Å². The molecule has 7 heteroatoms. The molecule has 4 rings (SSSR count). The van der Waals surface area contributed by atoms with E-state index in [1.807, 2.05) is 24.4 Å². The van der Waals surface area contributed by atoms with Crippen molar-refractivity contribution < 1.29 is 9.59 Å². The summed E-state index contributed by atoms with van der Waals surface area (Å²) in [4.78, 5) is 33.6. The van der Waals surface area contributed by atoms with Gasteiger partial charge in [0.2, 0.25) is 0 Å². The fourth-order valence-electron chi connectivity index (χ4n) is 3.77. The zero-order valence-corrected chi connectivity index (χ0v) is 16.7. The molecule has 6 nitrogen and oxygen atoms in total. The quantitative estimate of drug-likeness (QED) is 0.761.